The molecule has 10 heteroatoms. The average molecular weight is 463 g/mol. The van der Waals surface area contributed by atoms with E-state index >= 15 is 0 Å². The summed E-state index contributed by atoms with van der Waals surface area (Å²) in [6.45, 7) is 8.93. The molecule has 0 saturated heterocycles. The van der Waals surface area contributed by atoms with Crippen molar-refractivity contribution >= 4 is 39.9 Å². The highest BCUT2D eigenvalue weighted by molar-refractivity contribution is 7.18. The maximum atomic E-state index is 13.2. The van der Waals surface area contributed by atoms with Gasteiger partial charge >= 0.3 is 11.9 Å². The van der Waals surface area contributed by atoms with Crippen LogP contribution in [0.25, 0.3) is 0 Å². The smallest absolute Gasteiger partial charge is 0.348 e. The Morgan fingerprint density at radius 2 is 1.62 bits per heavy atom. The van der Waals surface area contributed by atoms with E-state index < -0.39 is 28.7 Å². The number of anilines is 1. The summed E-state index contributed by atoms with van der Waals surface area (Å²) in [6.07, 6.45) is 0. The molecule has 32 heavy (non-hydrogen) atoms. The van der Waals surface area contributed by atoms with E-state index in [-0.39, 0.29) is 40.3 Å². The van der Waals surface area contributed by atoms with Crippen LogP contribution in [-0.2, 0) is 14.3 Å². The van der Waals surface area contributed by atoms with Gasteiger partial charge < -0.3 is 14.8 Å². The second-order valence-electron chi connectivity index (χ2n) is 7.26. The fourth-order valence-electron chi connectivity index (χ4n) is 3.27. The van der Waals surface area contributed by atoms with Gasteiger partial charge in [-0.15, -0.1) is 11.3 Å². The number of esters is 2. The van der Waals surface area contributed by atoms with Crippen LogP contribution >= 0.6 is 11.3 Å². The number of rotatable bonds is 9. The summed E-state index contributed by atoms with van der Waals surface area (Å²) in [7, 11) is 0. The van der Waals surface area contributed by atoms with Crippen molar-refractivity contribution in [1.29, 1.82) is 0 Å². The zero-order chi connectivity index (χ0) is 24.0. The molecular formula is C22H26N2O7S. The van der Waals surface area contributed by atoms with Crippen molar-refractivity contribution < 1.29 is 28.8 Å². The Balaban J connectivity index is 2.44. The minimum atomic E-state index is -0.650. The Hall–Kier alpha value is -3.27. The fraction of sp³-hybridized carbons (Fsp3) is 0.409. The number of carbonyl (C=O) groups excluding carboxylic acids is 3. The molecule has 1 unspecified atom stereocenters. The zero-order valence-electron chi connectivity index (χ0n) is 18.6. The molecule has 0 aliphatic carbocycles. The van der Waals surface area contributed by atoms with Gasteiger partial charge in [-0.25, -0.2) is 9.59 Å². The van der Waals surface area contributed by atoms with E-state index in [1.165, 1.54) is 12.1 Å². The highest BCUT2D eigenvalue weighted by Gasteiger charge is 2.30. The molecule has 0 saturated carbocycles. The molecule has 0 fully saturated rings. The van der Waals surface area contributed by atoms with Gasteiger partial charge in [0.2, 0.25) is 5.91 Å². The molecule has 0 spiro atoms. The van der Waals surface area contributed by atoms with Crippen LogP contribution in [-0.4, -0.2) is 36.0 Å². The van der Waals surface area contributed by atoms with Crippen molar-refractivity contribution in [2.24, 2.45) is 5.92 Å². The molecule has 1 heterocycles. The normalized spacial score (nSPS) is 11.7. The first-order valence-electron chi connectivity index (χ1n) is 10.1. The quantitative estimate of drug-likeness (QED) is 0.325. The molecule has 0 aliphatic rings. The molecule has 1 atom stereocenters. The van der Waals surface area contributed by atoms with Gasteiger partial charge in [0.05, 0.1) is 29.6 Å². The molecule has 0 bridgehead atoms. The van der Waals surface area contributed by atoms with Crippen molar-refractivity contribution in [1.82, 2.24) is 0 Å². The number of nitrogens with one attached hydrogen (secondary N) is 1. The Bertz CT molecular complexity index is 1010. The molecule has 0 aliphatic heterocycles. The van der Waals surface area contributed by atoms with E-state index in [0.29, 0.717) is 11.1 Å². The number of hydrogen-bond donors (Lipinski definition) is 1. The molecule has 1 aromatic heterocycles. The van der Waals surface area contributed by atoms with Gasteiger partial charge in [-0.3, -0.25) is 14.9 Å². The van der Waals surface area contributed by atoms with Gasteiger partial charge in [-0.2, -0.15) is 0 Å². The van der Waals surface area contributed by atoms with Crippen molar-refractivity contribution in [2.45, 2.75) is 40.5 Å². The van der Waals surface area contributed by atoms with E-state index in [0.717, 1.165) is 11.3 Å². The summed E-state index contributed by atoms with van der Waals surface area (Å²) in [6, 6.07) is 5.77. The van der Waals surface area contributed by atoms with Gasteiger partial charge in [0, 0.05) is 12.1 Å². The SMILES string of the molecule is CCOC(=O)c1sc(NC(=O)C(c2ccc([N+](=O)[O-])cc2)C(C)C)c(C(=O)OCC)c1C. The summed E-state index contributed by atoms with van der Waals surface area (Å²) in [5.74, 6) is -2.43. The first kappa shape index (κ1) is 25.0. The monoisotopic (exact) mass is 462 g/mol. The molecule has 9 nitrogen and oxygen atoms in total. The number of amides is 1. The molecule has 2 aromatic rings. The van der Waals surface area contributed by atoms with Crippen LogP contribution < -0.4 is 5.32 Å². The number of nitro groups is 1. The van der Waals surface area contributed by atoms with Crippen LogP contribution in [0, 0.1) is 23.0 Å². The molecule has 1 aromatic carbocycles. The first-order chi connectivity index (χ1) is 15.1. The maximum absolute atomic E-state index is 13.2. The predicted octanol–water partition coefficient (Wildman–Crippen LogP) is 4.70. The summed E-state index contributed by atoms with van der Waals surface area (Å²) >= 11 is 0.951. The number of benzene rings is 1. The van der Waals surface area contributed by atoms with Crippen LogP contribution in [0.3, 0.4) is 0 Å². The van der Waals surface area contributed by atoms with Gasteiger partial charge in [0.15, 0.2) is 0 Å². The Labute approximate surface area is 189 Å². The average Bonchev–Trinajstić information content (AvgIpc) is 3.04. The standard InChI is InChI=1S/C22H26N2O7S/c1-6-30-21(26)17-13(5)18(22(27)31-7-2)32-20(17)23-19(25)16(12(3)4)14-8-10-15(11-9-14)24(28)29/h8-12,16H,6-7H2,1-5H3,(H,23,25). The summed E-state index contributed by atoms with van der Waals surface area (Å²) in [5.41, 5.74) is 1.01. The number of non-ortho nitro benzene ring substituents is 1. The van der Waals surface area contributed by atoms with Crippen molar-refractivity contribution in [3.8, 4) is 0 Å². The van der Waals surface area contributed by atoms with Crippen LogP contribution in [0.1, 0.15) is 64.8 Å². The number of nitrogens with zero attached hydrogens (tertiary/aromatic N) is 1. The van der Waals surface area contributed by atoms with Crippen LogP contribution in [0.15, 0.2) is 24.3 Å². The lowest BCUT2D eigenvalue weighted by atomic mass is 9.87. The molecule has 2 rings (SSSR count). The topological polar surface area (TPSA) is 125 Å². The minimum absolute atomic E-state index is 0.0748. The zero-order valence-corrected chi connectivity index (χ0v) is 19.4. The second-order valence-corrected chi connectivity index (χ2v) is 8.28. The van der Waals surface area contributed by atoms with Crippen molar-refractivity contribution in [2.75, 3.05) is 18.5 Å². The number of nitro benzene ring substituents is 1. The van der Waals surface area contributed by atoms with Gasteiger partial charge in [0.1, 0.15) is 9.88 Å². The third-order valence-corrected chi connectivity index (χ3v) is 5.92. The van der Waals surface area contributed by atoms with Crippen molar-refractivity contribution in [3.05, 3.63) is 55.9 Å². The number of hydrogen-bond acceptors (Lipinski definition) is 8. The lowest BCUT2D eigenvalue weighted by molar-refractivity contribution is -0.384. The highest BCUT2D eigenvalue weighted by Crippen LogP contribution is 2.36. The molecular weight excluding hydrogens is 436 g/mol. The molecule has 1 amide bonds. The minimum Gasteiger partial charge on any atom is -0.462 e. The fourth-order valence-corrected chi connectivity index (χ4v) is 4.37. The lowest BCUT2D eigenvalue weighted by Crippen LogP contribution is -2.25. The van der Waals surface area contributed by atoms with Gasteiger partial charge in [-0.05, 0) is 37.8 Å². The maximum Gasteiger partial charge on any atom is 0.348 e. The highest BCUT2D eigenvalue weighted by atomic mass is 32.1. The van der Waals surface area contributed by atoms with Crippen LogP contribution in [0.5, 0.6) is 0 Å². The first-order valence-corrected chi connectivity index (χ1v) is 11.0. The molecule has 172 valence electrons. The van der Waals surface area contributed by atoms with E-state index in [2.05, 4.69) is 5.32 Å². The summed E-state index contributed by atoms with van der Waals surface area (Å²) in [4.78, 5) is 48.7. The molecule has 1 N–H and O–H groups in total. The van der Waals surface area contributed by atoms with E-state index in [9.17, 15) is 24.5 Å². The number of ether oxygens (including phenoxy) is 2. The second kappa shape index (κ2) is 10.9. The Morgan fingerprint density at radius 3 is 2.12 bits per heavy atom. The van der Waals surface area contributed by atoms with E-state index in [1.54, 1.807) is 32.9 Å². The van der Waals surface area contributed by atoms with E-state index in [1.807, 2.05) is 13.8 Å². The number of thiophene rings is 1. The van der Waals surface area contributed by atoms with Gasteiger partial charge in [0.25, 0.3) is 5.69 Å². The lowest BCUT2D eigenvalue weighted by Gasteiger charge is -2.20. The summed E-state index contributed by atoms with van der Waals surface area (Å²) < 4.78 is 10.2. The van der Waals surface area contributed by atoms with E-state index in [4.69, 9.17) is 9.47 Å². The Kier molecular flexibility index (Phi) is 8.48. The summed E-state index contributed by atoms with van der Waals surface area (Å²) in [5, 5.41) is 13.9. The molecule has 0 radical (unpaired) electrons. The Morgan fingerprint density at radius 1 is 1.06 bits per heavy atom. The third-order valence-electron chi connectivity index (χ3n) is 4.74. The van der Waals surface area contributed by atoms with Crippen LogP contribution in [0.2, 0.25) is 0 Å². The number of carbonyl (C=O) groups is 3. The third kappa shape index (κ3) is 5.50. The predicted molar refractivity (Wildman–Crippen MR) is 120 cm³/mol. The largest absolute Gasteiger partial charge is 0.462 e. The van der Waals surface area contributed by atoms with Gasteiger partial charge in [-0.1, -0.05) is 26.0 Å². The van der Waals surface area contributed by atoms with Crippen LogP contribution in [0.4, 0.5) is 10.7 Å². The van der Waals surface area contributed by atoms with Crippen molar-refractivity contribution in [3.63, 3.8) is 0 Å².